The number of rotatable bonds is 3. The monoisotopic (exact) mass is 593 g/mol. The van der Waals surface area contributed by atoms with Gasteiger partial charge in [0.05, 0.1) is 11.4 Å². The van der Waals surface area contributed by atoms with Crippen molar-refractivity contribution in [3.8, 4) is 55.6 Å². The normalized spacial score (nSPS) is 15.7. The predicted octanol–water partition coefficient (Wildman–Crippen LogP) is 10.7. The van der Waals surface area contributed by atoms with Crippen molar-refractivity contribution in [2.75, 3.05) is 4.67 Å². The molecule has 0 bridgehead atoms. The van der Waals surface area contributed by atoms with Crippen molar-refractivity contribution >= 4 is 29.3 Å². The number of nitrogens with zero attached hydrogens (tertiary/aromatic N) is 1. The molecule has 1 unspecified atom stereocenters. The van der Waals surface area contributed by atoms with Crippen molar-refractivity contribution < 1.29 is 4.57 Å². The standard InChI is InChI=1S/C42H28NOP/c44-45-41-21-11-8-18-35(41)34-17-7-10-20-39(34)43(45)40-26-24-32(28-38(40)36-19-9-12-22-42(36)45)37-27-31(29-13-3-1-4-14-29)23-25-33(37)30-15-5-2-6-16-30/h1-28H. The summed E-state index contributed by atoms with van der Waals surface area (Å²) >= 11 is 0. The molecule has 7 aromatic carbocycles. The van der Waals surface area contributed by atoms with Crippen molar-refractivity contribution in [2.24, 2.45) is 0 Å². The van der Waals surface area contributed by atoms with Crippen LogP contribution in [0.15, 0.2) is 170 Å². The average molecular weight is 594 g/mol. The predicted molar refractivity (Wildman–Crippen MR) is 189 cm³/mol. The van der Waals surface area contributed by atoms with E-state index < -0.39 is 7.29 Å². The van der Waals surface area contributed by atoms with Crippen molar-refractivity contribution in [1.82, 2.24) is 0 Å². The second kappa shape index (κ2) is 10.1. The lowest BCUT2D eigenvalue weighted by Gasteiger charge is -2.44. The molecule has 45 heavy (non-hydrogen) atoms. The Morgan fingerprint density at radius 1 is 0.333 bits per heavy atom. The van der Waals surface area contributed by atoms with Gasteiger partial charge >= 0.3 is 0 Å². The molecule has 0 N–H and O–H groups in total. The molecule has 3 heteroatoms. The Morgan fingerprint density at radius 3 is 1.56 bits per heavy atom. The first-order chi connectivity index (χ1) is 22.2. The summed E-state index contributed by atoms with van der Waals surface area (Å²) in [5, 5.41) is 1.78. The minimum Gasteiger partial charge on any atom is -0.289 e. The van der Waals surface area contributed by atoms with E-state index in [0.29, 0.717) is 0 Å². The van der Waals surface area contributed by atoms with E-state index in [1.54, 1.807) is 0 Å². The van der Waals surface area contributed by atoms with Gasteiger partial charge in [-0.3, -0.25) is 9.24 Å². The summed E-state index contributed by atoms with van der Waals surface area (Å²) in [6.45, 7) is 0. The highest BCUT2D eigenvalue weighted by atomic mass is 31.2. The highest BCUT2D eigenvalue weighted by Crippen LogP contribution is 2.65. The maximum Gasteiger partial charge on any atom is 0.235 e. The van der Waals surface area contributed by atoms with Crippen LogP contribution in [0, 0.1) is 0 Å². The molecule has 0 fully saturated rings. The van der Waals surface area contributed by atoms with E-state index in [1.165, 1.54) is 27.8 Å². The molecule has 0 aromatic heterocycles. The Morgan fingerprint density at radius 2 is 0.844 bits per heavy atom. The number of fused-ring (bicyclic) bond motifs is 11. The third-order valence-corrected chi connectivity index (χ3v) is 12.3. The zero-order valence-electron chi connectivity index (χ0n) is 24.5. The van der Waals surface area contributed by atoms with Crippen LogP contribution < -0.4 is 15.3 Å². The third kappa shape index (κ3) is 3.86. The molecule has 0 saturated heterocycles. The minimum absolute atomic E-state index is 0.887. The van der Waals surface area contributed by atoms with Crippen LogP contribution in [-0.2, 0) is 4.57 Å². The first-order valence-electron chi connectivity index (χ1n) is 15.3. The maximum atomic E-state index is 15.7. The first kappa shape index (κ1) is 26.0. The molecule has 0 radical (unpaired) electrons. The van der Waals surface area contributed by atoms with E-state index >= 15 is 4.57 Å². The fraction of sp³-hybridized carbons (Fsp3) is 0. The highest BCUT2D eigenvalue weighted by molar-refractivity contribution is 7.81. The smallest absolute Gasteiger partial charge is 0.235 e. The quantitative estimate of drug-likeness (QED) is 0.190. The molecule has 2 aliphatic rings. The Hall–Kier alpha value is -5.43. The summed E-state index contributed by atoms with van der Waals surface area (Å²) in [4.78, 5) is 0. The van der Waals surface area contributed by atoms with Crippen LogP contribution in [0.5, 0.6) is 0 Å². The molecule has 0 spiro atoms. The van der Waals surface area contributed by atoms with Gasteiger partial charge in [-0.25, -0.2) is 0 Å². The lowest BCUT2D eigenvalue weighted by atomic mass is 9.89. The van der Waals surface area contributed by atoms with Crippen LogP contribution in [0.25, 0.3) is 55.6 Å². The summed E-state index contributed by atoms with van der Waals surface area (Å²) in [6.07, 6.45) is 0. The van der Waals surface area contributed by atoms with Crippen LogP contribution in [0.4, 0.5) is 11.4 Å². The fourth-order valence-electron chi connectivity index (χ4n) is 7.16. The molecule has 0 aliphatic carbocycles. The van der Waals surface area contributed by atoms with E-state index in [2.05, 4.69) is 150 Å². The van der Waals surface area contributed by atoms with Gasteiger partial charge in [-0.2, -0.15) is 0 Å². The Bertz CT molecular complexity index is 2310. The zero-order chi connectivity index (χ0) is 30.0. The Kier molecular flexibility index (Phi) is 5.81. The van der Waals surface area contributed by atoms with Gasteiger partial charge in [-0.15, -0.1) is 0 Å². The van der Waals surface area contributed by atoms with Crippen LogP contribution in [-0.4, -0.2) is 0 Å². The maximum absolute atomic E-state index is 15.7. The molecule has 9 rings (SSSR count). The molecule has 7 aromatic rings. The summed E-state index contributed by atoms with van der Waals surface area (Å²) in [6, 6.07) is 59.5. The summed E-state index contributed by atoms with van der Waals surface area (Å²) < 4.78 is 17.9. The van der Waals surface area contributed by atoms with Gasteiger partial charge in [0.25, 0.3) is 0 Å². The van der Waals surface area contributed by atoms with Crippen LogP contribution in [0.3, 0.4) is 0 Å². The van der Waals surface area contributed by atoms with Gasteiger partial charge in [0.15, 0.2) is 0 Å². The molecule has 0 amide bonds. The van der Waals surface area contributed by atoms with E-state index in [-0.39, 0.29) is 0 Å². The van der Waals surface area contributed by atoms with Crippen molar-refractivity contribution in [2.45, 2.75) is 0 Å². The second-order valence-corrected chi connectivity index (χ2v) is 14.2. The van der Waals surface area contributed by atoms with Gasteiger partial charge in [0, 0.05) is 21.7 Å². The molecule has 2 aliphatic heterocycles. The number of hydrogen-bond acceptors (Lipinski definition) is 1. The molecule has 212 valence electrons. The topological polar surface area (TPSA) is 20.3 Å². The SMILES string of the molecule is O=P12c3ccccc3-c3ccccc3N1c1ccc(-c3cc(-c4ccccc4)ccc3-c3ccccc3)cc1-c1ccccc12. The molecular formula is C42H28NOP. The minimum atomic E-state index is -3.22. The van der Waals surface area contributed by atoms with Crippen LogP contribution in [0.1, 0.15) is 0 Å². The highest BCUT2D eigenvalue weighted by Gasteiger charge is 2.47. The lowest BCUT2D eigenvalue weighted by Crippen LogP contribution is -2.37. The molecule has 1 atom stereocenters. The first-order valence-corrected chi connectivity index (χ1v) is 17.0. The van der Waals surface area contributed by atoms with Crippen LogP contribution in [0.2, 0.25) is 0 Å². The van der Waals surface area contributed by atoms with Gasteiger partial charge < -0.3 is 0 Å². The average Bonchev–Trinajstić information content (AvgIpc) is 3.12. The van der Waals surface area contributed by atoms with Crippen molar-refractivity contribution in [3.05, 3.63) is 170 Å². The molecule has 0 saturated carbocycles. The number of para-hydroxylation sites is 1. The van der Waals surface area contributed by atoms with Crippen molar-refractivity contribution in [3.63, 3.8) is 0 Å². The zero-order valence-corrected chi connectivity index (χ0v) is 25.4. The van der Waals surface area contributed by atoms with Crippen molar-refractivity contribution in [1.29, 1.82) is 0 Å². The largest absolute Gasteiger partial charge is 0.289 e. The van der Waals surface area contributed by atoms with E-state index in [1.807, 2.05) is 24.3 Å². The molecule has 2 nitrogen and oxygen atoms in total. The molecule has 2 heterocycles. The van der Waals surface area contributed by atoms with Crippen LogP contribution >= 0.6 is 7.29 Å². The number of hydrogen-bond donors (Lipinski definition) is 0. The van der Waals surface area contributed by atoms with Gasteiger partial charge in [0.2, 0.25) is 7.29 Å². The number of benzene rings is 7. The third-order valence-electron chi connectivity index (χ3n) is 9.20. The van der Waals surface area contributed by atoms with Gasteiger partial charge in [-0.1, -0.05) is 133 Å². The summed E-state index contributed by atoms with van der Waals surface area (Å²) in [5.41, 5.74) is 13.3. The summed E-state index contributed by atoms with van der Waals surface area (Å²) in [5.74, 6) is 0. The second-order valence-electron chi connectivity index (χ2n) is 11.7. The lowest BCUT2D eigenvalue weighted by molar-refractivity contribution is 0.586. The van der Waals surface area contributed by atoms with E-state index in [4.69, 9.17) is 0 Å². The Balaban J connectivity index is 1.31. The summed E-state index contributed by atoms with van der Waals surface area (Å²) in [7, 11) is -3.22. The van der Waals surface area contributed by atoms with Gasteiger partial charge in [0.1, 0.15) is 0 Å². The number of anilines is 2. The Labute approximate surface area is 263 Å². The molecular weight excluding hydrogens is 565 g/mol. The van der Waals surface area contributed by atoms with Gasteiger partial charge in [-0.05, 0) is 80.9 Å². The van der Waals surface area contributed by atoms with E-state index in [9.17, 15) is 0 Å². The fourth-order valence-corrected chi connectivity index (χ4v) is 10.4. The van der Waals surface area contributed by atoms with E-state index in [0.717, 1.165) is 49.8 Å².